The highest BCUT2D eigenvalue weighted by atomic mass is 19.1. The Labute approximate surface area is 170 Å². The minimum atomic E-state index is -0.901. The predicted octanol–water partition coefficient (Wildman–Crippen LogP) is 0.628. The number of aromatic amines is 2. The normalized spacial score (nSPS) is 19.0. The number of aromatic nitrogens is 4. The Morgan fingerprint density at radius 2 is 2.10 bits per heavy atom. The van der Waals surface area contributed by atoms with Crippen LogP contribution in [0.2, 0.25) is 0 Å². The van der Waals surface area contributed by atoms with Crippen LogP contribution in [0.3, 0.4) is 0 Å². The van der Waals surface area contributed by atoms with Gasteiger partial charge in [0.2, 0.25) is 5.91 Å². The molecule has 2 atom stereocenters. The molecule has 3 aromatic rings. The number of fused-ring (bicyclic) bond motifs is 1. The summed E-state index contributed by atoms with van der Waals surface area (Å²) >= 11 is 0. The van der Waals surface area contributed by atoms with Crippen LogP contribution in [0.5, 0.6) is 0 Å². The van der Waals surface area contributed by atoms with Crippen molar-refractivity contribution in [3.63, 3.8) is 0 Å². The summed E-state index contributed by atoms with van der Waals surface area (Å²) in [7, 11) is 0. The molecule has 9 nitrogen and oxygen atoms in total. The van der Waals surface area contributed by atoms with Gasteiger partial charge >= 0.3 is 5.69 Å². The van der Waals surface area contributed by atoms with Crippen molar-refractivity contribution in [3.8, 4) is 0 Å². The van der Waals surface area contributed by atoms with Crippen molar-refractivity contribution >= 4 is 16.9 Å². The predicted molar refractivity (Wildman–Crippen MR) is 107 cm³/mol. The highest BCUT2D eigenvalue weighted by molar-refractivity contribution is 5.77. The van der Waals surface area contributed by atoms with E-state index in [0.29, 0.717) is 35.3 Å². The number of aliphatic hydroxyl groups is 1. The zero-order chi connectivity index (χ0) is 21.4. The van der Waals surface area contributed by atoms with Gasteiger partial charge in [-0.25, -0.2) is 14.2 Å². The second-order valence-electron chi connectivity index (χ2n) is 7.61. The van der Waals surface area contributed by atoms with Crippen LogP contribution in [0, 0.1) is 12.7 Å². The summed E-state index contributed by atoms with van der Waals surface area (Å²) in [6.45, 7) is 1.89. The number of aryl methyl sites for hydroxylation is 2. The summed E-state index contributed by atoms with van der Waals surface area (Å²) in [5, 5.41) is 10.4. The summed E-state index contributed by atoms with van der Waals surface area (Å²) < 4.78 is 14.6. The second-order valence-corrected chi connectivity index (χ2v) is 7.61. The molecule has 3 N–H and O–H groups in total. The molecule has 158 valence electrons. The Hall–Kier alpha value is -3.27. The number of H-pyrrole nitrogens is 2. The minimum Gasteiger partial charge on any atom is -0.389 e. The van der Waals surface area contributed by atoms with Gasteiger partial charge in [-0.2, -0.15) is 0 Å². The number of hydrogen-bond donors (Lipinski definition) is 3. The fourth-order valence-electron chi connectivity index (χ4n) is 3.80. The maximum absolute atomic E-state index is 13.3. The molecular weight excluding hydrogens is 393 g/mol. The lowest BCUT2D eigenvalue weighted by Crippen LogP contribution is -2.37. The molecule has 1 amide bonds. The molecule has 0 saturated carbocycles. The van der Waals surface area contributed by atoms with Crippen molar-refractivity contribution in [1.82, 2.24) is 24.4 Å². The molecule has 30 heavy (non-hydrogen) atoms. The van der Waals surface area contributed by atoms with Gasteiger partial charge in [0.05, 0.1) is 23.2 Å². The Balaban J connectivity index is 1.36. The molecule has 1 fully saturated rings. The maximum atomic E-state index is 13.3. The lowest BCUT2D eigenvalue weighted by molar-refractivity contribution is -0.130. The van der Waals surface area contributed by atoms with Crippen molar-refractivity contribution < 1.29 is 14.3 Å². The van der Waals surface area contributed by atoms with Crippen LogP contribution in [0.25, 0.3) is 11.0 Å². The molecule has 4 rings (SSSR count). The molecule has 1 saturated heterocycles. The summed E-state index contributed by atoms with van der Waals surface area (Å²) in [6.07, 6.45) is 1.83. The van der Waals surface area contributed by atoms with E-state index in [1.807, 2.05) is 0 Å². The molecule has 1 aromatic carbocycles. The molecule has 0 spiro atoms. The SMILES string of the molecule is Cc1cn([C@@H]2CN(C(=O)CCCc3nc4ccc(F)cc4[nH]3)C[C@H]2O)c(=O)[nH]c1=O. The van der Waals surface area contributed by atoms with E-state index in [0.717, 1.165) is 0 Å². The first-order chi connectivity index (χ1) is 14.3. The molecule has 10 heteroatoms. The lowest BCUT2D eigenvalue weighted by Gasteiger charge is -2.17. The number of benzene rings is 1. The van der Waals surface area contributed by atoms with Crippen LogP contribution < -0.4 is 11.2 Å². The second kappa shape index (κ2) is 7.86. The Morgan fingerprint density at radius 3 is 2.90 bits per heavy atom. The number of nitrogens with one attached hydrogen (secondary N) is 2. The fraction of sp³-hybridized carbons (Fsp3) is 0.400. The van der Waals surface area contributed by atoms with E-state index in [1.54, 1.807) is 13.0 Å². The van der Waals surface area contributed by atoms with Crippen LogP contribution in [0.1, 0.15) is 30.3 Å². The highest BCUT2D eigenvalue weighted by Gasteiger charge is 2.35. The van der Waals surface area contributed by atoms with Crippen molar-refractivity contribution in [1.29, 1.82) is 0 Å². The molecule has 0 radical (unpaired) electrons. The number of rotatable bonds is 5. The third-order valence-electron chi connectivity index (χ3n) is 5.41. The number of likely N-dealkylation sites (tertiary alicyclic amines) is 1. The zero-order valence-electron chi connectivity index (χ0n) is 16.4. The van der Waals surface area contributed by atoms with Crippen LogP contribution in [0.15, 0.2) is 34.0 Å². The number of hydrogen-bond acceptors (Lipinski definition) is 5. The Bertz CT molecular complexity index is 1210. The van der Waals surface area contributed by atoms with E-state index >= 15 is 0 Å². The summed E-state index contributed by atoms with van der Waals surface area (Å²) in [5.74, 6) is 0.206. The van der Waals surface area contributed by atoms with Crippen LogP contribution >= 0.6 is 0 Å². The molecule has 1 aliphatic heterocycles. The van der Waals surface area contributed by atoms with Crippen molar-refractivity contribution in [2.45, 2.75) is 38.3 Å². The first-order valence-electron chi connectivity index (χ1n) is 9.74. The Morgan fingerprint density at radius 1 is 1.30 bits per heavy atom. The quantitative estimate of drug-likeness (QED) is 0.564. The van der Waals surface area contributed by atoms with Gasteiger partial charge in [0, 0.05) is 37.7 Å². The number of imidazole rings is 1. The largest absolute Gasteiger partial charge is 0.389 e. The summed E-state index contributed by atoms with van der Waals surface area (Å²) in [5.41, 5.74) is 0.570. The molecule has 0 unspecified atom stereocenters. The minimum absolute atomic E-state index is 0.123. The topological polar surface area (TPSA) is 124 Å². The molecular formula is C20H22FN5O4. The average molecular weight is 415 g/mol. The molecule has 3 heterocycles. The fourth-order valence-corrected chi connectivity index (χ4v) is 3.80. The first-order valence-corrected chi connectivity index (χ1v) is 9.74. The third-order valence-corrected chi connectivity index (χ3v) is 5.41. The van der Waals surface area contributed by atoms with Gasteiger partial charge in [-0.15, -0.1) is 0 Å². The van der Waals surface area contributed by atoms with Crippen LogP contribution in [-0.4, -0.2) is 54.6 Å². The van der Waals surface area contributed by atoms with Gasteiger partial charge in [-0.1, -0.05) is 0 Å². The number of nitrogens with zero attached hydrogens (tertiary/aromatic N) is 3. The first kappa shape index (κ1) is 20.0. The smallest absolute Gasteiger partial charge is 0.328 e. The van der Waals surface area contributed by atoms with E-state index in [2.05, 4.69) is 15.0 Å². The van der Waals surface area contributed by atoms with Gasteiger partial charge in [-0.05, 0) is 31.5 Å². The molecule has 0 aliphatic carbocycles. The van der Waals surface area contributed by atoms with E-state index in [9.17, 15) is 23.9 Å². The summed E-state index contributed by atoms with van der Waals surface area (Å²) in [4.78, 5) is 47.4. The number of amides is 1. The number of carbonyl (C=O) groups is 1. The number of carbonyl (C=O) groups excluding carboxylic acids is 1. The average Bonchev–Trinajstić information content (AvgIpc) is 3.27. The lowest BCUT2D eigenvalue weighted by atomic mass is 10.2. The van der Waals surface area contributed by atoms with Gasteiger partial charge in [0.25, 0.3) is 5.56 Å². The van der Waals surface area contributed by atoms with Crippen molar-refractivity contribution in [2.75, 3.05) is 13.1 Å². The molecule has 1 aliphatic rings. The number of β-amino-alcohol motifs (C(OH)–C–C–N with tert-alkyl or cyclic N) is 1. The van der Waals surface area contributed by atoms with Gasteiger partial charge in [-0.3, -0.25) is 19.1 Å². The monoisotopic (exact) mass is 415 g/mol. The van der Waals surface area contributed by atoms with Gasteiger partial charge < -0.3 is 15.0 Å². The maximum Gasteiger partial charge on any atom is 0.328 e. The third kappa shape index (κ3) is 3.90. The summed E-state index contributed by atoms with van der Waals surface area (Å²) in [6, 6.07) is 3.72. The van der Waals surface area contributed by atoms with Crippen LogP contribution in [-0.2, 0) is 11.2 Å². The van der Waals surface area contributed by atoms with Gasteiger partial charge in [0.15, 0.2) is 0 Å². The van der Waals surface area contributed by atoms with Crippen LogP contribution in [0.4, 0.5) is 4.39 Å². The zero-order valence-corrected chi connectivity index (χ0v) is 16.4. The Kier molecular flexibility index (Phi) is 5.25. The molecule has 2 aromatic heterocycles. The standard InChI is InChI=1S/C20H22FN5O4/c1-11-8-26(20(30)24-19(11)29)15-9-25(10-16(15)27)18(28)4-2-3-17-22-13-6-5-12(21)7-14(13)23-17/h5-8,15-16,27H,2-4,9-10H2,1H3,(H,22,23)(H,24,29,30)/t15-,16-/m1/s1. The van der Waals surface area contributed by atoms with E-state index in [-0.39, 0.29) is 31.2 Å². The highest BCUT2D eigenvalue weighted by Crippen LogP contribution is 2.22. The number of halogens is 1. The van der Waals surface area contributed by atoms with Gasteiger partial charge in [0.1, 0.15) is 11.6 Å². The molecule has 0 bridgehead atoms. The van der Waals surface area contributed by atoms with E-state index in [1.165, 1.54) is 27.8 Å². The van der Waals surface area contributed by atoms with E-state index in [4.69, 9.17) is 0 Å². The van der Waals surface area contributed by atoms with E-state index < -0.39 is 23.4 Å². The van der Waals surface area contributed by atoms with Crippen molar-refractivity contribution in [2.24, 2.45) is 0 Å². The number of aliphatic hydroxyl groups excluding tert-OH is 1. The van der Waals surface area contributed by atoms with Crippen molar-refractivity contribution in [3.05, 3.63) is 62.4 Å².